The van der Waals surface area contributed by atoms with Crippen LogP contribution in [0.4, 0.5) is 11.4 Å². The number of nitrogen functional groups attached to an aromatic ring is 1. The van der Waals surface area contributed by atoms with Crippen molar-refractivity contribution >= 4 is 17.3 Å². The minimum atomic E-state index is 0.0593. The van der Waals surface area contributed by atoms with Crippen LogP contribution in [-0.2, 0) is 13.0 Å². The van der Waals surface area contributed by atoms with Gasteiger partial charge in [0, 0.05) is 30.0 Å². The van der Waals surface area contributed by atoms with Gasteiger partial charge in [-0.25, -0.2) is 0 Å². The van der Waals surface area contributed by atoms with Crippen LogP contribution >= 0.6 is 0 Å². The molecule has 0 aromatic heterocycles. The zero-order chi connectivity index (χ0) is 18.5. The second kappa shape index (κ2) is 8.37. The van der Waals surface area contributed by atoms with Crippen molar-refractivity contribution in [1.29, 1.82) is 0 Å². The summed E-state index contributed by atoms with van der Waals surface area (Å²) in [6, 6.07) is 13.9. The molecular formula is C22H29N3O. The molecule has 0 bridgehead atoms. The zero-order valence-corrected chi connectivity index (χ0v) is 15.9. The molecule has 2 N–H and O–H groups in total. The second-order valence-electron chi connectivity index (χ2n) is 6.97. The van der Waals surface area contributed by atoms with Crippen molar-refractivity contribution in [2.75, 3.05) is 30.3 Å². The van der Waals surface area contributed by atoms with Gasteiger partial charge in [-0.1, -0.05) is 32.0 Å². The molecule has 1 aliphatic rings. The number of amides is 1. The third-order valence-electron chi connectivity index (χ3n) is 5.13. The van der Waals surface area contributed by atoms with Gasteiger partial charge < -0.3 is 10.6 Å². The molecule has 1 heterocycles. The first-order valence-corrected chi connectivity index (χ1v) is 9.64. The van der Waals surface area contributed by atoms with E-state index >= 15 is 0 Å². The maximum absolute atomic E-state index is 13.0. The highest BCUT2D eigenvalue weighted by molar-refractivity contribution is 6.07. The van der Waals surface area contributed by atoms with Crippen molar-refractivity contribution in [3.05, 3.63) is 59.2 Å². The fourth-order valence-corrected chi connectivity index (χ4v) is 3.69. The Morgan fingerprint density at radius 3 is 2.62 bits per heavy atom. The summed E-state index contributed by atoms with van der Waals surface area (Å²) in [6.07, 6.45) is 3.05. The molecule has 0 spiro atoms. The summed E-state index contributed by atoms with van der Waals surface area (Å²) in [6.45, 7) is 8.21. The van der Waals surface area contributed by atoms with E-state index in [2.05, 4.69) is 30.9 Å². The van der Waals surface area contributed by atoms with Crippen molar-refractivity contribution in [3.8, 4) is 0 Å². The SMILES string of the molecule is CCCN(CC)Cc1ccc(C(=O)N2CCCc3c(N)cccc32)cc1. The van der Waals surface area contributed by atoms with Gasteiger partial charge in [-0.15, -0.1) is 0 Å². The Balaban J connectivity index is 1.76. The summed E-state index contributed by atoms with van der Waals surface area (Å²) in [7, 11) is 0. The summed E-state index contributed by atoms with van der Waals surface area (Å²) in [5.74, 6) is 0.0593. The predicted octanol–water partition coefficient (Wildman–Crippen LogP) is 4.09. The summed E-state index contributed by atoms with van der Waals surface area (Å²) in [4.78, 5) is 17.3. The number of benzene rings is 2. The summed E-state index contributed by atoms with van der Waals surface area (Å²) in [5.41, 5.74) is 10.9. The molecule has 2 aromatic carbocycles. The van der Waals surface area contributed by atoms with E-state index in [-0.39, 0.29) is 5.91 Å². The topological polar surface area (TPSA) is 49.6 Å². The quantitative estimate of drug-likeness (QED) is 0.797. The van der Waals surface area contributed by atoms with Gasteiger partial charge >= 0.3 is 0 Å². The van der Waals surface area contributed by atoms with Crippen LogP contribution in [0.5, 0.6) is 0 Å². The molecule has 1 amide bonds. The van der Waals surface area contributed by atoms with E-state index in [0.29, 0.717) is 0 Å². The number of fused-ring (bicyclic) bond motifs is 1. The first kappa shape index (κ1) is 18.5. The van der Waals surface area contributed by atoms with Gasteiger partial charge in [0.2, 0.25) is 0 Å². The van der Waals surface area contributed by atoms with E-state index in [0.717, 1.165) is 67.9 Å². The normalized spacial score (nSPS) is 13.7. The van der Waals surface area contributed by atoms with Crippen LogP contribution in [0.25, 0.3) is 0 Å². The van der Waals surface area contributed by atoms with E-state index in [1.54, 1.807) is 0 Å². The maximum Gasteiger partial charge on any atom is 0.258 e. The molecule has 26 heavy (non-hydrogen) atoms. The number of hydrogen-bond acceptors (Lipinski definition) is 3. The minimum Gasteiger partial charge on any atom is -0.398 e. The number of nitrogens with two attached hydrogens (primary N) is 1. The Labute approximate surface area is 156 Å². The Hall–Kier alpha value is -2.33. The lowest BCUT2D eigenvalue weighted by Crippen LogP contribution is -2.35. The first-order valence-electron chi connectivity index (χ1n) is 9.64. The lowest BCUT2D eigenvalue weighted by molar-refractivity contribution is 0.0985. The van der Waals surface area contributed by atoms with Crippen molar-refractivity contribution < 1.29 is 4.79 Å². The van der Waals surface area contributed by atoms with Crippen LogP contribution in [0.1, 0.15) is 48.2 Å². The summed E-state index contributed by atoms with van der Waals surface area (Å²) in [5, 5.41) is 0. The van der Waals surface area contributed by atoms with E-state index in [9.17, 15) is 4.79 Å². The molecule has 1 aliphatic heterocycles. The molecule has 0 radical (unpaired) electrons. The predicted molar refractivity (Wildman–Crippen MR) is 109 cm³/mol. The van der Waals surface area contributed by atoms with E-state index in [1.165, 1.54) is 5.56 Å². The number of rotatable bonds is 6. The molecule has 3 rings (SSSR count). The molecule has 0 aliphatic carbocycles. The van der Waals surface area contributed by atoms with E-state index in [4.69, 9.17) is 5.73 Å². The monoisotopic (exact) mass is 351 g/mol. The third kappa shape index (κ3) is 3.91. The molecule has 0 fully saturated rings. The molecule has 2 aromatic rings. The van der Waals surface area contributed by atoms with Gasteiger partial charge in [-0.05, 0) is 67.7 Å². The van der Waals surface area contributed by atoms with Crippen LogP contribution in [0.15, 0.2) is 42.5 Å². The van der Waals surface area contributed by atoms with Crippen molar-refractivity contribution in [1.82, 2.24) is 4.90 Å². The number of hydrogen-bond donors (Lipinski definition) is 1. The van der Waals surface area contributed by atoms with Gasteiger partial charge in [-0.3, -0.25) is 9.69 Å². The van der Waals surface area contributed by atoms with Gasteiger partial charge in [0.05, 0.1) is 0 Å². The van der Waals surface area contributed by atoms with Crippen LogP contribution in [0.2, 0.25) is 0 Å². The number of carbonyl (C=O) groups is 1. The highest BCUT2D eigenvalue weighted by Gasteiger charge is 2.24. The number of nitrogens with zero attached hydrogens (tertiary/aromatic N) is 2. The van der Waals surface area contributed by atoms with Crippen molar-refractivity contribution in [2.45, 2.75) is 39.7 Å². The fraction of sp³-hybridized carbons (Fsp3) is 0.409. The van der Waals surface area contributed by atoms with Crippen molar-refractivity contribution in [3.63, 3.8) is 0 Å². The third-order valence-corrected chi connectivity index (χ3v) is 5.13. The number of anilines is 2. The van der Waals surface area contributed by atoms with Crippen LogP contribution in [-0.4, -0.2) is 30.4 Å². The molecular weight excluding hydrogens is 322 g/mol. The van der Waals surface area contributed by atoms with E-state index < -0.39 is 0 Å². The van der Waals surface area contributed by atoms with Gasteiger partial charge in [-0.2, -0.15) is 0 Å². The van der Waals surface area contributed by atoms with Gasteiger partial charge in [0.15, 0.2) is 0 Å². The molecule has 0 saturated carbocycles. The Kier molecular flexibility index (Phi) is 5.94. The Morgan fingerprint density at radius 1 is 1.15 bits per heavy atom. The summed E-state index contributed by atoms with van der Waals surface area (Å²) >= 11 is 0. The highest BCUT2D eigenvalue weighted by Crippen LogP contribution is 2.32. The lowest BCUT2D eigenvalue weighted by atomic mass is 9.99. The largest absolute Gasteiger partial charge is 0.398 e. The van der Waals surface area contributed by atoms with Crippen molar-refractivity contribution in [2.24, 2.45) is 0 Å². The Bertz CT molecular complexity index is 754. The lowest BCUT2D eigenvalue weighted by Gasteiger charge is -2.30. The molecule has 4 heteroatoms. The van der Waals surface area contributed by atoms with Crippen LogP contribution in [0.3, 0.4) is 0 Å². The maximum atomic E-state index is 13.0. The molecule has 138 valence electrons. The zero-order valence-electron chi connectivity index (χ0n) is 15.9. The van der Waals surface area contributed by atoms with Crippen LogP contribution in [0, 0.1) is 0 Å². The molecule has 0 saturated heterocycles. The molecule has 0 atom stereocenters. The van der Waals surface area contributed by atoms with E-state index in [1.807, 2.05) is 35.2 Å². The average molecular weight is 351 g/mol. The van der Waals surface area contributed by atoms with Gasteiger partial charge in [0.25, 0.3) is 5.91 Å². The smallest absolute Gasteiger partial charge is 0.258 e. The average Bonchev–Trinajstić information content (AvgIpc) is 2.67. The minimum absolute atomic E-state index is 0.0593. The summed E-state index contributed by atoms with van der Waals surface area (Å²) < 4.78 is 0. The molecule has 0 unspecified atom stereocenters. The first-order chi connectivity index (χ1) is 12.6. The second-order valence-corrected chi connectivity index (χ2v) is 6.97. The van der Waals surface area contributed by atoms with Crippen LogP contribution < -0.4 is 10.6 Å². The van der Waals surface area contributed by atoms with Gasteiger partial charge in [0.1, 0.15) is 0 Å². The highest BCUT2D eigenvalue weighted by atomic mass is 16.2. The standard InChI is InChI=1S/C22H29N3O/c1-3-14-24(4-2)16-17-10-12-18(13-11-17)22(26)25-15-6-7-19-20(23)8-5-9-21(19)25/h5,8-13H,3-4,6-7,14-16,23H2,1-2H3. The molecule has 4 nitrogen and oxygen atoms in total. The Morgan fingerprint density at radius 2 is 1.92 bits per heavy atom. The fourth-order valence-electron chi connectivity index (χ4n) is 3.69. The number of carbonyl (C=O) groups excluding carboxylic acids is 1.